The summed E-state index contributed by atoms with van der Waals surface area (Å²) in [4.78, 5) is 12.8. The molecule has 4 nitrogen and oxygen atoms in total. The van der Waals surface area contributed by atoms with Crippen molar-refractivity contribution in [2.45, 2.75) is 83.7 Å². The fourth-order valence-corrected chi connectivity index (χ4v) is 7.35. The van der Waals surface area contributed by atoms with Gasteiger partial charge in [-0.2, -0.15) is 5.26 Å². The zero-order chi connectivity index (χ0) is 20.6. The Morgan fingerprint density at radius 2 is 1.90 bits per heavy atom. The minimum absolute atomic E-state index is 0.0177. The number of aromatic hydroxyl groups is 1. The molecule has 1 aromatic carbocycles. The van der Waals surface area contributed by atoms with Crippen LogP contribution in [0.1, 0.15) is 88.3 Å². The molecule has 1 aromatic rings. The van der Waals surface area contributed by atoms with Crippen LogP contribution in [-0.2, 0) is 16.0 Å². The van der Waals surface area contributed by atoms with E-state index in [2.05, 4.69) is 13.0 Å². The van der Waals surface area contributed by atoms with Gasteiger partial charge < -0.3 is 9.84 Å². The van der Waals surface area contributed by atoms with Crippen LogP contribution in [0.3, 0.4) is 0 Å². The third-order valence-electron chi connectivity index (χ3n) is 9.25. The lowest BCUT2D eigenvalue weighted by Crippen LogP contribution is -2.56. The first kappa shape index (κ1) is 19.0. The maximum atomic E-state index is 12.8. The second-order valence-corrected chi connectivity index (χ2v) is 10.9. The average Bonchev–Trinajstić information content (AvgIpc) is 2.97. The molecule has 4 unspecified atom stereocenters. The van der Waals surface area contributed by atoms with Crippen molar-refractivity contribution in [3.05, 3.63) is 28.8 Å². The Bertz CT molecular complexity index is 929. The van der Waals surface area contributed by atoms with Gasteiger partial charge in [0, 0.05) is 5.41 Å². The number of fused-ring (bicyclic) bond motifs is 6. The smallest absolute Gasteiger partial charge is 0.312 e. The lowest BCUT2D eigenvalue weighted by Gasteiger charge is -2.56. The number of hydrogen-bond acceptors (Lipinski definition) is 4. The van der Waals surface area contributed by atoms with E-state index in [-0.39, 0.29) is 28.1 Å². The minimum Gasteiger partial charge on any atom is -0.507 e. The monoisotopic (exact) mass is 393 g/mol. The van der Waals surface area contributed by atoms with Crippen LogP contribution in [0, 0.1) is 34.0 Å². The average molecular weight is 394 g/mol. The summed E-state index contributed by atoms with van der Waals surface area (Å²) in [6.45, 7) is 6.40. The Morgan fingerprint density at radius 1 is 1.10 bits per heavy atom. The summed E-state index contributed by atoms with van der Waals surface area (Å²) in [5.74, 6) is 1.68. The van der Waals surface area contributed by atoms with Crippen LogP contribution in [0.4, 0.5) is 0 Å². The van der Waals surface area contributed by atoms with Crippen LogP contribution in [-0.4, -0.2) is 16.7 Å². The molecule has 0 aromatic heterocycles. The maximum absolute atomic E-state index is 12.8. The van der Waals surface area contributed by atoms with E-state index >= 15 is 0 Å². The van der Waals surface area contributed by atoms with Crippen LogP contribution in [0.25, 0.3) is 0 Å². The lowest BCUT2D eigenvalue weighted by atomic mass is 9.52. The predicted octanol–water partition coefficient (Wildman–Crippen LogP) is 5.22. The summed E-state index contributed by atoms with van der Waals surface area (Å²) in [5.41, 5.74) is 2.28. The molecule has 0 amide bonds. The van der Waals surface area contributed by atoms with Gasteiger partial charge in [0.25, 0.3) is 0 Å². The summed E-state index contributed by atoms with van der Waals surface area (Å²) in [6, 6.07) is 5.91. The third-order valence-corrected chi connectivity index (χ3v) is 9.25. The SMILES string of the molecule is CC1(C)CCC2(CCC3C4CCc5cc(O)c(C#N)cc5C4CC[C@@]32C)OC1=O. The van der Waals surface area contributed by atoms with E-state index < -0.39 is 0 Å². The predicted molar refractivity (Wildman–Crippen MR) is 109 cm³/mol. The number of hydrogen-bond donors (Lipinski definition) is 1. The number of aryl methyl sites for hydroxylation is 1. The van der Waals surface area contributed by atoms with Crippen molar-refractivity contribution in [1.29, 1.82) is 5.26 Å². The van der Waals surface area contributed by atoms with Crippen molar-refractivity contribution in [3.8, 4) is 11.8 Å². The molecule has 154 valence electrons. The fourth-order valence-electron chi connectivity index (χ4n) is 7.35. The number of ether oxygens (including phenoxy) is 1. The topological polar surface area (TPSA) is 70.3 Å². The Balaban J connectivity index is 1.48. The molecular weight excluding hydrogens is 362 g/mol. The Labute approximate surface area is 173 Å². The van der Waals surface area contributed by atoms with Crippen LogP contribution in [0.15, 0.2) is 12.1 Å². The number of carbonyl (C=O) groups is 1. The summed E-state index contributed by atoms with van der Waals surface area (Å²) in [6.07, 6.45) is 8.24. The van der Waals surface area contributed by atoms with E-state index in [4.69, 9.17) is 4.74 Å². The van der Waals surface area contributed by atoms with Crippen LogP contribution in [0.2, 0.25) is 0 Å². The number of nitriles is 1. The number of phenols is 1. The van der Waals surface area contributed by atoms with Crippen LogP contribution in [0.5, 0.6) is 5.75 Å². The Hall–Kier alpha value is -2.02. The number of carbonyl (C=O) groups excluding carboxylic acids is 1. The van der Waals surface area contributed by atoms with E-state index in [1.807, 2.05) is 26.0 Å². The summed E-state index contributed by atoms with van der Waals surface area (Å²) in [5, 5.41) is 19.5. The first-order valence-electron chi connectivity index (χ1n) is 11.2. The first-order valence-corrected chi connectivity index (χ1v) is 11.2. The molecule has 4 aliphatic rings. The molecule has 1 aliphatic heterocycles. The maximum Gasteiger partial charge on any atom is 0.312 e. The minimum atomic E-state index is -0.365. The highest BCUT2D eigenvalue weighted by Gasteiger charge is 2.65. The van der Waals surface area contributed by atoms with Crippen LogP contribution < -0.4 is 0 Å². The van der Waals surface area contributed by atoms with Gasteiger partial charge in [-0.25, -0.2) is 0 Å². The van der Waals surface area contributed by atoms with Crippen molar-refractivity contribution in [2.24, 2.45) is 22.7 Å². The third kappa shape index (κ3) is 2.46. The van der Waals surface area contributed by atoms with Gasteiger partial charge in [-0.15, -0.1) is 0 Å². The normalized spacial score (nSPS) is 39.8. The largest absolute Gasteiger partial charge is 0.507 e. The molecule has 3 aliphatic carbocycles. The highest BCUT2D eigenvalue weighted by Crippen LogP contribution is 2.67. The molecule has 3 fully saturated rings. The van der Waals surface area contributed by atoms with Crippen molar-refractivity contribution >= 4 is 5.97 Å². The molecule has 0 bridgehead atoms. The van der Waals surface area contributed by atoms with Gasteiger partial charge >= 0.3 is 5.97 Å². The molecule has 1 saturated heterocycles. The molecule has 5 atom stereocenters. The van der Waals surface area contributed by atoms with Crippen molar-refractivity contribution < 1.29 is 14.6 Å². The van der Waals surface area contributed by atoms with Crippen LogP contribution >= 0.6 is 0 Å². The standard InChI is InChI=1S/C25H31NO3/c1-23(2)10-11-25(29-22(23)28)9-7-20-18-5-4-15-13-21(27)16(14-26)12-19(15)17(18)6-8-24(20,25)3/h12-13,17-18,20,27H,4-11H2,1-3H3/t17?,18?,20?,24-,25?/m0/s1. The van der Waals surface area contributed by atoms with Gasteiger partial charge in [-0.3, -0.25) is 4.79 Å². The zero-order valence-corrected chi connectivity index (χ0v) is 17.8. The van der Waals surface area contributed by atoms with Gasteiger partial charge in [0.05, 0.1) is 11.0 Å². The first-order chi connectivity index (χ1) is 13.7. The second-order valence-electron chi connectivity index (χ2n) is 10.9. The Morgan fingerprint density at radius 3 is 2.62 bits per heavy atom. The van der Waals surface area contributed by atoms with Gasteiger partial charge in [0.2, 0.25) is 0 Å². The number of benzene rings is 1. The van der Waals surface area contributed by atoms with E-state index in [0.717, 1.165) is 51.4 Å². The van der Waals surface area contributed by atoms with E-state index in [0.29, 0.717) is 23.3 Å². The summed E-state index contributed by atoms with van der Waals surface area (Å²) >= 11 is 0. The van der Waals surface area contributed by atoms with Crippen molar-refractivity contribution in [3.63, 3.8) is 0 Å². The number of phenolic OH excluding ortho intramolecular Hbond substituents is 1. The number of rotatable bonds is 0. The molecule has 0 radical (unpaired) electrons. The molecule has 29 heavy (non-hydrogen) atoms. The van der Waals surface area contributed by atoms with E-state index in [1.54, 1.807) is 0 Å². The highest BCUT2D eigenvalue weighted by atomic mass is 16.6. The molecule has 1 spiro atoms. The Kier molecular flexibility index (Phi) is 3.93. The second kappa shape index (κ2) is 6.00. The molecule has 2 saturated carbocycles. The quantitative estimate of drug-likeness (QED) is 0.613. The fraction of sp³-hybridized carbons (Fsp3) is 0.680. The van der Waals surface area contributed by atoms with Gasteiger partial charge in [0.15, 0.2) is 0 Å². The lowest BCUT2D eigenvalue weighted by molar-refractivity contribution is -0.206. The molecule has 1 heterocycles. The number of esters is 1. The molecule has 5 rings (SSSR count). The molecular formula is C25H31NO3. The van der Waals surface area contributed by atoms with Crippen molar-refractivity contribution in [2.75, 3.05) is 0 Å². The van der Waals surface area contributed by atoms with Gasteiger partial charge in [-0.05, 0) is 106 Å². The zero-order valence-electron chi connectivity index (χ0n) is 17.8. The van der Waals surface area contributed by atoms with Gasteiger partial charge in [0.1, 0.15) is 17.4 Å². The van der Waals surface area contributed by atoms with E-state index in [9.17, 15) is 15.2 Å². The van der Waals surface area contributed by atoms with E-state index in [1.165, 1.54) is 11.1 Å². The van der Waals surface area contributed by atoms with Crippen molar-refractivity contribution in [1.82, 2.24) is 0 Å². The highest BCUT2D eigenvalue weighted by molar-refractivity contribution is 5.77. The van der Waals surface area contributed by atoms with Gasteiger partial charge in [-0.1, -0.05) is 6.92 Å². The molecule has 4 heteroatoms. The number of nitrogens with zero attached hydrogens (tertiary/aromatic N) is 1. The summed E-state index contributed by atoms with van der Waals surface area (Å²) < 4.78 is 6.31. The molecule has 1 N–H and O–H groups in total. The summed E-state index contributed by atoms with van der Waals surface area (Å²) in [7, 11) is 0.